The van der Waals surface area contributed by atoms with Crippen LogP contribution in [0.3, 0.4) is 0 Å². The van der Waals surface area contributed by atoms with Gasteiger partial charge in [-0.15, -0.1) is 0 Å². The van der Waals surface area contributed by atoms with E-state index in [4.69, 9.17) is 18.0 Å². The summed E-state index contributed by atoms with van der Waals surface area (Å²) in [6, 6.07) is 0. The van der Waals surface area contributed by atoms with Crippen LogP contribution >= 0.6 is 0 Å². The van der Waals surface area contributed by atoms with Gasteiger partial charge in [0.05, 0.1) is 25.2 Å². The van der Waals surface area contributed by atoms with Crippen LogP contribution in [0.2, 0.25) is 54.4 Å². The van der Waals surface area contributed by atoms with E-state index in [2.05, 4.69) is 109 Å². The average Bonchev–Trinajstić information content (AvgIpc) is 2.66. The maximum Gasteiger partial charge on any atom is 0.310 e. The Bertz CT molecular complexity index is 699. The zero-order valence-corrected chi connectivity index (χ0v) is 30.3. The molecule has 4 atom stereocenters. The van der Waals surface area contributed by atoms with Gasteiger partial charge >= 0.3 is 5.97 Å². The van der Waals surface area contributed by atoms with Gasteiger partial charge in [-0.05, 0) is 67.7 Å². The third-order valence-electron chi connectivity index (χ3n) is 9.33. The average molecular weight is 563 g/mol. The van der Waals surface area contributed by atoms with Crippen LogP contribution in [0.1, 0.15) is 82.6 Å². The number of methoxy groups -OCH3 is 1. The minimum absolute atomic E-state index is 0.00497. The van der Waals surface area contributed by atoms with Crippen molar-refractivity contribution in [2.45, 2.75) is 149 Å². The molecule has 216 valence electrons. The van der Waals surface area contributed by atoms with Gasteiger partial charge < -0.3 is 18.0 Å². The summed E-state index contributed by atoms with van der Waals surface area (Å²) in [5.41, 5.74) is 0. The van der Waals surface area contributed by atoms with Crippen molar-refractivity contribution in [2.75, 3.05) is 13.7 Å². The molecular weight excluding hydrogens is 501 g/mol. The molecule has 0 fully saturated rings. The van der Waals surface area contributed by atoms with Crippen LogP contribution in [0.25, 0.3) is 0 Å². The lowest BCUT2D eigenvalue weighted by Gasteiger charge is -2.46. The summed E-state index contributed by atoms with van der Waals surface area (Å²) in [5.74, 6) is -0.606. The van der Waals surface area contributed by atoms with Gasteiger partial charge in [-0.1, -0.05) is 69.2 Å². The molecule has 0 aromatic heterocycles. The molecule has 0 amide bonds. The Kier molecular flexibility index (Phi) is 12.5. The molecule has 5 nitrogen and oxygen atoms in total. The summed E-state index contributed by atoms with van der Waals surface area (Å²) in [4.78, 5) is 12.8. The van der Waals surface area contributed by atoms with Gasteiger partial charge in [0, 0.05) is 12.5 Å². The normalized spacial score (nSPS) is 17.9. The van der Waals surface area contributed by atoms with Crippen LogP contribution in [-0.4, -0.2) is 56.8 Å². The zero-order chi connectivity index (χ0) is 29.1. The van der Waals surface area contributed by atoms with Crippen LogP contribution in [0, 0.1) is 11.8 Å². The SMILES string of the molecule is COC(=O)[C@H](C)[C@@H](O[Si](C)(C)C(C)(C)C)[C@@H](C)[C@H](CCO[Si](C)(C)C(C)(C)C)O[Si](C)(C)C(C)(C)C. The fourth-order valence-electron chi connectivity index (χ4n) is 3.34. The highest BCUT2D eigenvalue weighted by Gasteiger charge is 2.47. The van der Waals surface area contributed by atoms with E-state index in [0.29, 0.717) is 6.61 Å². The molecule has 36 heavy (non-hydrogen) atoms. The molecule has 0 saturated heterocycles. The first-order valence-electron chi connectivity index (χ1n) is 13.8. The summed E-state index contributed by atoms with van der Waals surface area (Å²) in [6.07, 6.45) is 0.421. The van der Waals surface area contributed by atoms with Crippen LogP contribution in [0.15, 0.2) is 0 Å². The largest absolute Gasteiger partial charge is 0.469 e. The minimum atomic E-state index is -2.16. The lowest BCUT2D eigenvalue weighted by molar-refractivity contribution is -0.150. The van der Waals surface area contributed by atoms with Crippen molar-refractivity contribution < 1.29 is 22.8 Å². The van der Waals surface area contributed by atoms with Crippen molar-refractivity contribution in [3.8, 4) is 0 Å². The minimum Gasteiger partial charge on any atom is -0.469 e. The Morgan fingerprint density at radius 3 is 1.44 bits per heavy atom. The van der Waals surface area contributed by atoms with Crippen molar-refractivity contribution in [1.29, 1.82) is 0 Å². The molecule has 0 bridgehead atoms. The van der Waals surface area contributed by atoms with Gasteiger partial charge in [-0.25, -0.2) is 0 Å². The predicted octanol–water partition coefficient (Wildman–Crippen LogP) is 8.62. The summed E-state index contributed by atoms with van der Waals surface area (Å²) >= 11 is 0. The predicted molar refractivity (Wildman–Crippen MR) is 162 cm³/mol. The van der Waals surface area contributed by atoms with E-state index in [1.807, 2.05) is 6.92 Å². The second-order valence-electron chi connectivity index (χ2n) is 15.3. The van der Waals surface area contributed by atoms with Gasteiger partial charge in [0.25, 0.3) is 0 Å². The Labute approximate surface area is 228 Å². The lowest BCUT2D eigenvalue weighted by atomic mass is 9.88. The second-order valence-corrected chi connectivity index (χ2v) is 29.6. The van der Waals surface area contributed by atoms with Crippen LogP contribution in [0.4, 0.5) is 0 Å². The summed E-state index contributed by atoms with van der Waals surface area (Å²) < 4.78 is 25.8. The molecule has 0 N–H and O–H groups in total. The molecule has 0 aromatic carbocycles. The number of ether oxygens (including phenoxy) is 1. The van der Waals surface area contributed by atoms with Gasteiger partial charge in [0.15, 0.2) is 25.0 Å². The van der Waals surface area contributed by atoms with Crippen LogP contribution < -0.4 is 0 Å². The quantitative estimate of drug-likeness (QED) is 0.176. The monoisotopic (exact) mass is 562 g/mol. The van der Waals surface area contributed by atoms with E-state index in [1.54, 1.807) is 0 Å². The third-order valence-corrected chi connectivity index (χ3v) is 22.8. The van der Waals surface area contributed by atoms with E-state index in [0.717, 1.165) is 6.42 Å². The van der Waals surface area contributed by atoms with Crippen molar-refractivity contribution >= 4 is 30.9 Å². The lowest BCUT2D eigenvalue weighted by Crippen LogP contribution is -2.53. The van der Waals surface area contributed by atoms with Crippen molar-refractivity contribution in [1.82, 2.24) is 0 Å². The molecule has 0 saturated carbocycles. The fourth-order valence-corrected chi connectivity index (χ4v) is 7.30. The maximum absolute atomic E-state index is 12.8. The number of hydrogen-bond donors (Lipinski definition) is 0. The fraction of sp³-hybridized carbons (Fsp3) is 0.964. The Morgan fingerprint density at radius 1 is 0.694 bits per heavy atom. The molecule has 0 rings (SSSR count). The molecular formula is C28H62O5Si3. The molecule has 0 unspecified atom stereocenters. The van der Waals surface area contributed by atoms with E-state index in [-0.39, 0.29) is 45.1 Å². The molecule has 0 aliphatic carbocycles. The first-order valence-corrected chi connectivity index (χ1v) is 22.5. The van der Waals surface area contributed by atoms with Crippen LogP contribution in [0.5, 0.6) is 0 Å². The molecule has 0 heterocycles. The summed E-state index contributed by atoms with van der Waals surface area (Å²) in [6.45, 7) is 38.8. The molecule has 8 heteroatoms. The highest BCUT2D eigenvalue weighted by atomic mass is 28.4. The number of hydrogen-bond acceptors (Lipinski definition) is 5. The van der Waals surface area contributed by atoms with E-state index < -0.39 is 25.0 Å². The van der Waals surface area contributed by atoms with Gasteiger partial charge in [-0.2, -0.15) is 0 Å². The van der Waals surface area contributed by atoms with Crippen molar-refractivity contribution in [3.05, 3.63) is 0 Å². The van der Waals surface area contributed by atoms with Crippen molar-refractivity contribution in [2.24, 2.45) is 11.8 Å². The summed E-state index contributed by atoms with van der Waals surface area (Å²) in [7, 11) is -4.65. The number of rotatable bonds is 12. The van der Waals surface area contributed by atoms with E-state index in [9.17, 15) is 4.79 Å². The number of esters is 1. The van der Waals surface area contributed by atoms with E-state index in [1.165, 1.54) is 7.11 Å². The number of carbonyl (C=O) groups is 1. The summed E-state index contributed by atoms with van der Waals surface area (Å²) in [5, 5.41) is 0.263. The smallest absolute Gasteiger partial charge is 0.310 e. The Morgan fingerprint density at radius 2 is 1.08 bits per heavy atom. The molecule has 0 aliphatic rings. The Balaban J connectivity index is 6.31. The van der Waals surface area contributed by atoms with Crippen LogP contribution in [-0.2, 0) is 22.8 Å². The maximum atomic E-state index is 12.8. The molecule has 0 radical (unpaired) electrons. The highest BCUT2D eigenvalue weighted by Crippen LogP contribution is 2.43. The molecule has 0 aromatic rings. The molecule has 0 aliphatic heterocycles. The first-order chi connectivity index (χ1) is 15.7. The number of carbonyl (C=O) groups excluding carboxylic acids is 1. The Hall–Kier alpha value is 0.000649. The topological polar surface area (TPSA) is 54.0 Å². The van der Waals surface area contributed by atoms with Gasteiger partial charge in [0.1, 0.15) is 0 Å². The van der Waals surface area contributed by atoms with Gasteiger partial charge in [-0.3, -0.25) is 4.79 Å². The molecule has 0 spiro atoms. The van der Waals surface area contributed by atoms with Crippen molar-refractivity contribution in [3.63, 3.8) is 0 Å². The third kappa shape index (κ3) is 9.63. The van der Waals surface area contributed by atoms with Gasteiger partial charge in [0.2, 0.25) is 0 Å². The zero-order valence-electron chi connectivity index (χ0n) is 27.3. The second kappa shape index (κ2) is 12.5. The highest BCUT2D eigenvalue weighted by molar-refractivity contribution is 6.75. The van der Waals surface area contributed by atoms with E-state index >= 15 is 0 Å². The standard InChI is InChI=1S/C28H62O5Si3/c1-21(24(22(2)25(29)30-12)33-36(17,18)28(9,10)11)23(32-35(15,16)27(6,7)8)19-20-31-34(13,14)26(3,4)5/h21-24H,19-20H2,1-18H3/t21-,22+,23-,24-/m0/s1. The first kappa shape index (κ1) is 36.0.